The lowest BCUT2D eigenvalue weighted by atomic mass is 9.81. The third-order valence-corrected chi connectivity index (χ3v) is 9.28. The number of aliphatic hydroxyl groups is 1. The van der Waals surface area contributed by atoms with Crippen LogP contribution in [0.15, 0.2) is 24.3 Å². The molecule has 0 unspecified atom stereocenters. The molecule has 0 radical (unpaired) electrons. The zero-order valence-electron chi connectivity index (χ0n) is 21.6. The molecule has 3 aliphatic rings. The summed E-state index contributed by atoms with van der Waals surface area (Å²) >= 11 is 7.50. The normalized spacial score (nSPS) is 25.2. The average Bonchev–Trinajstić information content (AvgIpc) is 3.51. The molecule has 2 aromatic heterocycles. The number of thiazole rings is 1. The van der Waals surface area contributed by atoms with E-state index in [1.165, 1.54) is 11.3 Å². The molecule has 6 rings (SSSR count). The number of aromatic amines is 1. The molecule has 0 bridgehead atoms. The Kier molecular flexibility index (Phi) is 7.09. The van der Waals surface area contributed by atoms with Gasteiger partial charge >= 0.3 is 0 Å². The maximum absolute atomic E-state index is 13.3. The number of hydrogen-bond acceptors (Lipinski definition) is 7. The van der Waals surface area contributed by atoms with Crippen molar-refractivity contribution in [2.75, 3.05) is 26.7 Å². The lowest BCUT2D eigenvalue weighted by Crippen LogP contribution is -2.62. The molecule has 39 heavy (non-hydrogen) atoms. The van der Waals surface area contributed by atoms with E-state index in [1.807, 2.05) is 13.1 Å². The molecule has 10 nitrogen and oxygen atoms in total. The molecule has 3 amide bonds. The van der Waals surface area contributed by atoms with Crippen LogP contribution in [0.1, 0.15) is 50.1 Å². The van der Waals surface area contributed by atoms with Gasteiger partial charge in [0, 0.05) is 59.3 Å². The van der Waals surface area contributed by atoms with E-state index in [2.05, 4.69) is 25.5 Å². The number of fused-ring (bicyclic) bond motifs is 2. The van der Waals surface area contributed by atoms with Crippen molar-refractivity contribution in [2.24, 2.45) is 5.92 Å². The van der Waals surface area contributed by atoms with Crippen LogP contribution in [-0.4, -0.2) is 87.5 Å². The molecular weight excluding hydrogens is 540 g/mol. The van der Waals surface area contributed by atoms with E-state index >= 15 is 0 Å². The van der Waals surface area contributed by atoms with Crippen LogP contribution < -0.4 is 10.6 Å². The van der Waals surface area contributed by atoms with Gasteiger partial charge in [0.1, 0.15) is 5.69 Å². The molecule has 1 aliphatic carbocycles. The Morgan fingerprint density at radius 2 is 1.92 bits per heavy atom. The van der Waals surface area contributed by atoms with Crippen LogP contribution in [0.4, 0.5) is 0 Å². The zero-order valence-corrected chi connectivity index (χ0v) is 23.1. The van der Waals surface area contributed by atoms with Crippen molar-refractivity contribution >= 4 is 51.6 Å². The van der Waals surface area contributed by atoms with E-state index in [-0.39, 0.29) is 36.2 Å². The van der Waals surface area contributed by atoms with Crippen LogP contribution >= 0.6 is 22.9 Å². The molecular formula is C27H31ClN6O4S. The van der Waals surface area contributed by atoms with Crippen molar-refractivity contribution in [3.8, 4) is 0 Å². The van der Waals surface area contributed by atoms with E-state index in [1.54, 1.807) is 23.1 Å². The first-order chi connectivity index (χ1) is 18.7. The highest BCUT2D eigenvalue weighted by atomic mass is 35.5. The Morgan fingerprint density at radius 3 is 2.72 bits per heavy atom. The van der Waals surface area contributed by atoms with E-state index < -0.39 is 12.1 Å². The first-order valence-corrected chi connectivity index (χ1v) is 14.5. The van der Waals surface area contributed by atoms with E-state index in [0.717, 1.165) is 41.0 Å². The van der Waals surface area contributed by atoms with Crippen LogP contribution in [0.2, 0.25) is 5.02 Å². The van der Waals surface area contributed by atoms with Gasteiger partial charge in [-0.25, -0.2) is 4.98 Å². The monoisotopic (exact) mass is 570 g/mol. The number of amides is 3. The number of piperidine rings is 1. The molecule has 12 heteroatoms. The van der Waals surface area contributed by atoms with Gasteiger partial charge in [-0.1, -0.05) is 11.6 Å². The van der Waals surface area contributed by atoms with Crippen molar-refractivity contribution in [1.29, 1.82) is 0 Å². The highest BCUT2D eigenvalue weighted by molar-refractivity contribution is 7.13. The summed E-state index contributed by atoms with van der Waals surface area (Å²) in [5, 5.41) is 17.6. The highest BCUT2D eigenvalue weighted by Gasteiger charge is 2.40. The molecule has 4 heterocycles. The number of carbonyl (C=O) groups excluding carboxylic acids is 3. The molecule has 4 N–H and O–H groups in total. The van der Waals surface area contributed by atoms with Gasteiger partial charge in [-0.15, -0.1) is 11.3 Å². The summed E-state index contributed by atoms with van der Waals surface area (Å²) in [4.78, 5) is 52.4. The summed E-state index contributed by atoms with van der Waals surface area (Å²) in [6.45, 7) is 2.41. The Hall–Kier alpha value is -2.99. The molecule has 2 aliphatic heterocycles. The predicted molar refractivity (Wildman–Crippen MR) is 148 cm³/mol. The van der Waals surface area contributed by atoms with Crippen LogP contribution in [0.5, 0.6) is 0 Å². The van der Waals surface area contributed by atoms with Gasteiger partial charge in [-0.3, -0.25) is 14.4 Å². The summed E-state index contributed by atoms with van der Waals surface area (Å²) in [5.41, 5.74) is 2.17. The number of nitrogens with one attached hydrogen (secondary N) is 3. The number of aromatic nitrogens is 2. The lowest BCUT2D eigenvalue weighted by Gasteiger charge is -2.42. The number of likely N-dealkylation sites (N-methyl/N-ethyl adjacent to an activating group) is 1. The average molecular weight is 571 g/mol. The Labute approximate surface area is 234 Å². The van der Waals surface area contributed by atoms with Crippen LogP contribution in [0.3, 0.4) is 0 Å². The Morgan fingerprint density at radius 1 is 1.13 bits per heavy atom. The first kappa shape index (κ1) is 26.2. The number of nitrogens with zero attached hydrogens (tertiary/aromatic N) is 3. The van der Waals surface area contributed by atoms with Gasteiger partial charge in [-0.2, -0.15) is 0 Å². The number of rotatable bonds is 5. The smallest absolute Gasteiger partial charge is 0.280 e. The fraction of sp³-hybridized carbons (Fsp3) is 0.481. The number of benzene rings is 1. The molecule has 1 saturated carbocycles. The second kappa shape index (κ2) is 10.5. The van der Waals surface area contributed by atoms with Gasteiger partial charge in [0.2, 0.25) is 5.91 Å². The zero-order chi connectivity index (χ0) is 27.3. The van der Waals surface area contributed by atoms with E-state index in [0.29, 0.717) is 41.5 Å². The Balaban J connectivity index is 1.19. The summed E-state index contributed by atoms with van der Waals surface area (Å²) < 4.78 is 0. The molecule has 2 atom stereocenters. The van der Waals surface area contributed by atoms with Crippen LogP contribution in [0.25, 0.3) is 10.9 Å². The van der Waals surface area contributed by atoms with Crippen molar-refractivity contribution in [3.63, 3.8) is 0 Å². The topological polar surface area (TPSA) is 131 Å². The van der Waals surface area contributed by atoms with Crippen LogP contribution in [-0.2, 0) is 17.8 Å². The van der Waals surface area contributed by atoms with Crippen molar-refractivity contribution < 1.29 is 19.5 Å². The number of carbonyl (C=O) groups is 3. The maximum atomic E-state index is 13.3. The summed E-state index contributed by atoms with van der Waals surface area (Å²) in [6, 6.07) is 6.25. The molecule has 3 aromatic rings. The van der Waals surface area contributed by atoms with Gasteiger partial charge in [0.15, 0.2) is 5.01 Å². The predicted octanol–water partition coefficient (Wildman–Crippen LogP) is 2.17. The van der Waals surface area contributed by atoms with Gasteiger partial charge in [-0.05, 0) is 50.6 Å². The highest BCUT2D eigenvalue weighted by Crippen LogP contribution is 2.30. The van der Waals surface area contributed by atoms with Gasteiger partial charge in [0.25, 0.3) is 11.8 Å². The van der Waals surface area contributed by atoms with Gasteiger partial charge < -0.3 is 30.5 Å². The molecule has 1 saturated heterocycles. The second-order valence-corrected chi connectivity index (χ2v) is 12.4. The number of likely N-dealkylation sites (tertiary alicyclic amines) is 1. The number of halogens is 1. The number of aliphatic hydroxyl groups excluding tert-OH is 1. The fourth-order valence-corrected chi connectivity index (χ4v) is 6.91. The van der Waals surface area contributed by atoms with Crippen molar-refractivity contribution in [1.82, 2.24) is 30.4 Å². The summed E-state index contributed by atoms with van der Waals surface area (Å²) in [7, 11) is 2.05. The summed E-state index contributed by atoms with van der Waals surface area (Å²) in [5.74, 6) is -0.788. The van der Waals surface area contributed by atoms with Crippen LogP contribution in [0, 0.1) is 5.92 Å². The number of hydrogen-bond donors (Lipinski definition) is 4. The molecule has 0 spiro atoms. The van der Waals surface area contributed by atoms with Crippen molar-refractivity contribution in [3.05, 3.63) is 50.6 Å². The standard InChI is InChI=1S/C27H31ClN6O4S/c1-33-6-4-20-23(13-33)39-26(32-20)25(37)31-22-12-34(27(38)15-9-17(35)10-15)7-5-19(22)30-24(36)21-11-14-8-16(28)2-3-18(14)29-21/h2-3,8,11,15,17,19,22,29,35H,4-7,9-10,12-13H2,1H3,(H,30,36)(H,31,37)/t15?,17?,19-,22+/m0/s1. The molecule has 2 fully saturated rings. The summed E-state index contributed by atoms with van der Waals surface area (Å²) in [6.07, 6.45) is 1.81. The minimum atomic E-state index is -0.494. The Bertz CT molecular complexity index is 1430. The van der Waals surface area contributed by atoms with E-state index in [4.69, 9.17) is 11.6 Å². The molecule has 1 aromatic carbocycles. The van der Waals surface area contributed by atoms with Crippen molar-refractivity contribution in [2.45, 2.75) is 50.4 Å². The quantitative estimate of drug-likeness (QED) is 0.372. The molecule has 206 valence electrons. The number of H-pyrrole nitrogens is 1. The van der Waals surface area contributed by atoms with Gasteiger partial charge in [0.05, 0.1) is 23.9 Å². The third-order valence-electron chi connectivity index (χ3n) is 7.96. The first-order valence-electron chi connectivity index (χ1n) is 13.3. The third kappa shape index (κ3) is 5.41. The second-order valence-electron chi connectivity index (χ2n) is 10.8. The minimum Gasteiger partial charge on any atom is -0.393 e. The minimum absolute atomic E-state index is 0.00966. The lowest BCUT2D eigenvalue weighted by molar-refractivity contribution is -0.143. The fourth-order valence-electron chi connectivity index (χ4n) is 5.64. The SMILES string of the molecule is CN1CCc2nc(C(=O)N[C@@H]3CN(C(=O)C4CC(O)C4)CC[C@@H]3NC(=O)c3cc4cc(Cl)ccc4[nH]3)sc2C1. The van der Waals surface area contributed by atoms with E-state index in [9.17, 15) is 19.5 Å². The maximum Gasteiger partial charge on any atom is 0.280 e. The largest absolute Gasteiger partial charge is 0.393 e.